The SMILES string of the molecule is O=C(c1ccc(N2CCOCC2)cc1)N1CCC(N2CCCC2)CC1. The van der Waals surface area contributed by atoms with Crippen LogP contribution in [-0.2, 0) is 4.74 Å². The zero-order valence-corrected chi connectivity index (χ0v) is 15.0. The maximum atomic E-state index is 12.8. The number of carbonyl (C=O) groups is 1. The molecule has 3 fully saturated rings. The lowest BCUT2D eigenvalue weighted by Crippen LogP contribution is -2.45. The van der Waals surface area contributed by atoms with Crippen molar-refractivity contribution < 1.29 is 9.53 Å². The van der Waals surface area contributed by atoms with Gasteiger partial charge in [-0.25, -0.2) is 0 Å². The minimum absolute atomic E-state index is 0.188. The summed E-state index contributed by atoms with van der Waals surface area (Å²) in [6.07, 6.45) is 4.93. The molecule has 3 aliphatic heterocycles. The third-order valence-corrected chi connectivity index (χ3v) is 5.90. The van der Waals surface area contributed by atoms with Gasteiger partial charge in [0, 0.05) is 43.5 Å². The second-order valence-corrected chi connectivity index (χ2v) is 7.41. The van der Waals surface area contributed by atoms with E-state index in [1.54, 1.807) is 0 Å². The second kappa shape index (κ2) is 7.75. The minimum atomic E-state index is 0.188. The zero-order chi connectivity index (χ0) is 17.1. The lowest BCUT2D eigenvalue weighted by molar-refractivity contribution is 0.0644. The summed E-state index contributed by atoms with van der Waals surface area (Å²) in [5.41, 5.74) is 2.00. The highest BCUT2D eigenvalue weighted by Crippen LogP contribution is 2.23. The Labute approximate surface area is 150 Å². The third-order valence-electron chi connectivity index (χ3n) is 5.90. The predicted molar refractivity (Wildman–Crippen MR) is 99.2 cm³/mol. The molecule has 25 heavy (non-hydrogen) atoms. The molecule has 3 aliphatic rings. The summed E-state index contributed by atoms with van der Waals surface area (Å²) in [5, 5.41) is 0. The lowest BCUT2D eigenvalue weighted by Gasteiger charge is -2.36. The van der Waals surface area contributed by atoms with Gasteiger partial charge in [0.1, 0.15) is 0 Å². The van der Waals surface area contributed by atoms with Crippen LogP contribution in [0.3, 0.4) is 0 Å². The average Bonchev–Trinajstić information content (AvgIpc) is 3.23. The summed E-state index contributed by atoms with van der Waals surface area (Å²) in [4.78, 5) is 19.8. The van der Waals surface area contributed by atoms with Gasteiger partial charge in [0.2, 0.25) is 0 Å². The van der Waals surface area contributed by atoms with Crippen LogP contribution in [0.1, 0.15) is 36.0 Å². The van der Waals surface area contributed by atoms with E-state index in [1.165, 1.54) is 31.6 Å². The monoisotopic (exact) mass is 343 g/mol. The number of ether oxygens (including phenoxy) is 1. The normalized spacial score (nSPS) is 23.2. The predicted octanol–water partition coefficient (Wildman–Crippen LogP) is 2.22. The van der Waals surface area contributed by atoms with E-state index in [9.17, 15) is 4.79 Å². The zero-order valence-electron chi connectivity index (χ0n) is 15.0. The van der Waals surface area contributed by atoms with Crippen LogP contribution >= 0.6 is 0 Å². The van der Waals surface area contributed by atoms with Crippen LogP contribution in [0.25, 0.3) is 0 Å². The lowest BCUT2D eigenvalue weighted by atomic mass is 10.0. The van der Waals surface area contributed by atoms with Crippen molar-refractivity contribution in [1.82, 2.24) is 9.80 Å². The molecule has 0 saturated carbocycles. The smallest absolute Gasteiger partial charge is 0.253 e. The highest BCUT2D eigenvalue weighted by Gasteiger charge is 2.28. The molecule has 0 N–H and O–H groups in total. The van der Waals surface area contributed by atoms with Crippen LogP contribution in [0.2, 0.25) is 0 Å². The van der Waals surface area contributed by atoms with E-state index in [1.807, 2.05) is 17.0 Å². The Kier molecular flexibility index (Phi) is 5.22. The number of nitrogens with zero attached hydrogens (tertiary/aromatic N) is 3. The van der Waals surface area contributed by atoms with E-state index in [4.69, 9.17) is 4.74 Å². The van der Waals surface area contributed by atoms with Crippen LogP contribution in [0.15, 0.2) is 24.3 Å². The molecule has 0 spiro atoms. The van der Waals surface area contributed by atoms with Gasteiger partial charge < -0.3 is 19.4 Å². The number of anilines is 1. The molecule has 0 aromatic heterocycles. The fraction of sp³-hybridized carbons (Fsp3) is 0.650. The van der Waals surface area contributed by atoms with Crippen molar-refractivity contribution in [3.63, 3.8) is 0 Å². The number of amides is 1. The number of hydrogen-bond donors (Lipinski definition) is 0. The molecule has 1 amide bonds. The Morgan fingerprint density at radius 2 is 1.52 bits per heavy atom. The van der Waals surface area contributed by atoms with Gasteiger partial charge >= 0.3 is 0 Å². The summed E-state index contributed by atoms with van der Waals surface area (Å²) < 4.78 is 5.40. The summed E-state index contributed by atoms with van der Waals surface area (Å²) in [7, 11) is 0. The van der Waals surface area contributed by atoms with Gasteiger partial charge in [-0.15, -0.1) is 0 Å². The van der Waals surface area contributed by atoms with Gasteiger partial charge in [-0.3, -0.25) is 4.79 Å². The van der Waals surface area contributed by atoms with Crippen LogP contribution < -0.4 is 4.90 Å². The van der Waals surface area contributed by atoms with Crippen molar-refractivity contribution in [3.05, 3.63) is 29.8 Å². The first-order valence-corrected chi connectivity index (χ1v) is 9.77. The third kappa shape index (κ3) is 3.82. The quantitative estimate of drug-likeness (QED) is 0.843. The maximum absolute atomic E-state index is 12.8. The van der Waals surface area contributed by atoms with E-state index < -0.39 is 0 Å². The van der Waals surface area contributed by atoms with Crippen molar-refractivity contribution in [2.24, 2.45) is 0 Å². The highest BCUT2D eigenvalue weighted by atomic mass is 16.5. The fourth-order valence-corrected chi connectivity index (χ4v) is 4.36. The Bertz CT molecular complexity index is 569. The van der Waals surface area contributed by atoms with Gasteiger partial charge in [0.25, 0.3) is 5.91 Å². The largest absolute Gasteiger partial charge is 0.378 e. The first-order valence-electron chi connectivity index (χ1n) is 9.77. The number of rotatable bonds is 3. The standard InChI is InChI=1S/C20H29N3O2/c24-20(23-11-7-19(8-12-23)21-9-1-2-10-21)17-3-5-18(6-4-17)22-13-15-25-16-14-22/h3-6,19H,1-2,7-16H2. The van der Waals surface area contributed by atoms with Crippen LogP contribution in [0.4, 0.5) is 5.69 Å². The van der Waals surface area contributed by atoms with Crippen LogP contribution in [-0.4, -0.2) is 74.2 Å². The van der Waals surface area contributed by atoms with Gasteiger partial charge in [-0.1, -0.05) is 0 Å². The molecular weight excluding hydrogens is 314 g/mol. The molecule has 1 aromatic carbocycles. The Balaban J connectivity index is 1.33. The van der Waals surface area contributed by atoms with Crippen molar-refractivity contribution in [3.8, 4) is 0 Å². The molecule has 0 unspecified atom stereocenters. The first-order chi connectivity index (χ1) is 12.3. The topological polar surface area (TPSA) is 36.0 Å². The Hall–Kier alpha value is -1.59. The fourth-order valence-electron chi connectivity index (χ4n) is 4.36. The van der Waals surface area contributed by atoms with Crippen LogP contribution in [0, 0.1) is 0 Å². The molecule has 136 valence electrons. The molecule has 1 aromatic rings. The molecule has 3 heterocycles. The van der Waals surface area contributed by atoms with Gasteiger partial charge in [-0.05, 0) is 63.0 Å². The van der Waals surface area contributed by atoms with E-state index >= 15 is 0 Å². The molecule has 5 nitrogen and oxygen atoms in total. The summed E-state index contributed by atoms with van der Waals surface area (Å²) in [6.45, 7) is 7.72. The molecule has 4 rings (SSSR count). The van der Waals surface area contributed by atoms with Crippen molar-refractivity contribution in [2.45, 2.75) is 31.7 Å². The summed E-state index contributed by atoms with van der Waals surface area (Å²) >= 11 is 0. The molecule has 0 radical (unpaired) electrons. The van der Waals surface area contributed by atoms with Gasteiger partial charge in [0.05, 0.1) is 13.2 Å². The first kappa shape index (κ1) is 16.9. The highest BCUT2D eigenvalue weighted by molar-refractivity contribution is 5.94. The van der Waals surface area contributed by atoms with Gasteiger partial charge in [-0.2, -0.15) is 0 Å². The number of piperidine rings is 1. The molecule has 0 bridgehead atoms. The maximum Gasteiger partial charge on any atom is 0.253 e. The van der Waals surface area contributed by atoms with Gasteiger partial charge in [0.15, 0.2) is 0 Å². The number of carbonyl (C=O) groups excluding carboxylic acids is 1. The Morgan fingerprint density at radius 3 is 2.16 bits per heavy atom. The van der Waals surface area contributed by atoms with E-state index in [0.29, 0.717) is 6.04 Å². The van der Waals surface area contributed by atoms with Crippen molar-refractivity contribution in [1.29, 1.82) is 0 Å². The van der Waals surface area contributed by atoms with E-state index in [-0.39, 0.29) is 5.91 Å². The van der Waals surface area contributed by atoms with Crippen LogP contribution in [0.5, 0.6) is 0 Å². The summed E-state index contributed by atoms with van der Waals surface area (Å²) in [5.74, 6) is 0.188. The number of hydrogen-bond acceptors (Lipinski definition) is 4. The number of benzene rings is 1. The average molecular weight is 343 g/mol. The number of likely N-dealkylation sites (tertiary alicyclic amines) is 2. The molecule has 3 saturated heterocycles. The minimum Gasteiger partial charge on any atom is -0.378 e. The molecule has 5 heteroatoms. The van der Waals surface area contributed by atoms with E-state index in [2.05, 4.69) is 21.9 Å². The molecule has 0 aliphatic carbocycles. The van der Waals surface area contributed by atoms with Crippen molar-refractivity contribution in [2.75, 3.05) is 57.4 Å². The van der Waals surface area contributed by atoms with E-state index in [0.717, 1.165) is 57.8 Å². The Morgan fingerprint density at radius 1 is 0.880 bits per heavy atom. The van der Waals surface area contributed by atoms with Crippen molar-refractivity contribution >= 4 is 11.6 Å². The summed E-state index contributed by atoms with van der Waals surface area (Å²) in [6, 6.07) is 8.82. The molecular formula is C20H29N3O2. The molecule has 0 atom stereocenters. The number of morpholine rings is 1. The second-order valence-electron chi connectivity index (χ2n) is 7.41.